The highest BCUT2D eigenvalue weighted by Crippen LogP contribution is 2.42. The summed E-state index contributed by atoms with van der Waals surface area (Å²) in [6, 6.07) is 12.7. The van der Waals surface area contributed by atoms with Gasteiger partial charge < -0.3 is 14.7 Å². The van der Waals surface area contributed by atoms with Gasteiger partial charge in [0.15, 0.2) is 0 Å². The lowest BCUT2D eigenvalue weighted by molar-refractivity contribution is -0.140. The van der Waals surface area contributed by atoms with Crippen LogP contribution in [0, 0.1) is 0 Å². The number of nitrogens with zero attached hydrogens (tertiary/aromatic N) is 1. The Bertz CT molecular complexity index is 981. The Morgan fingerprint density at radius 2 is 1.83 bits per heavy atom. The van der Waals surface area contributed by atoms with Gasteiger partial charge in [0.05, 0.1) is 17.7 Å². The lowest BCUT2D eigenvalue weighted by Crippen LogP contribution is -2.36. The number of halogens is 2. The molecule has 0 aromatic heterocycles. The van der Waals surface area contributed by atoms with Gasteiger partial charge >= 0.3 is 0 Å². The van der Waals surface area contributed by atoms with Crippen LogP contribution in [0.5, 0.6) is 0 Å². The average molecular weight is 432 g/mol. The second-order valence-electron chi connectivity index (χ2n) is 7.11. The maximum absolute atomic E-state index is 12.9. The topological polar surface area (TPSA) is 66.8 Å². The van der Waals surface area contributed by atoms with Crippen LogP contribution < -0.4 is 0 Å². The molecule has 150 valence electrons. The summed E-state index contributed by atoms with van der Waals surface area (Å²) < 4.78 is 5.68. The highest BCUT2D eigenvalue weighted by atomic mass is 35.5. The minimum atomic E-state index is -0.788. The van der Waals surface area contributed by atoms with Crippen LogP contribution in [0.4, 0.5) is 0 Å². The highest BCUT2D eigenvalue weighted by molar-refractivity contribution is 6.47. The number of benzene rings is 2. The second kappa shape index (κ2) is 8.19. The number of ketones is 1. The maximum Gasteiger partial charge on any atom is 0.295 e. The number of aliphatic hydroxyl groups is 1. The molecule has 29 heavy (non-hydrogen) atoms. The first-order valence-electron chi connectivity index (χ1n) is 9.37. The van der Waals surface area contributed by atoms with Crippen LogP contribution in [-0.4, -0.2) is 41.0 Å². The van der Waals surface area contributed by atoms with Crippen molar-refractivity contribution in [2.75, 3.05) is 13.2 Å². The Balaban J connectivity index is 1.84. The third-order valence-electron chi connectivity index (χ3n) is 5.28. The Morgan fingerprint density at radius 1 is 1.10 bits per heavy atom. The van der Waals surface area contributed by atoms with E-state index in [9.17, 15) is 14.7 Å². The molecule has 2 atom stereocenters. The molecule has 0 aliphatic carbocycles. The summed E-state index contributed by atoms with van der Waals surface area (Å²) in [6.07, 6.45) is 1.58. The number of hydrogen-bond donors (Lipinski definition) is 1. The lowest BCUT2D eigenvalue weighted by Gasteiger charge is -2.28. The van der Waals surface area contributed by atoms with Gasteiger partial charge in [-0.05, 0) is 48.7 Å². The van der Waals surface area contributed by atoms with E-state index in [-0.39, 0.29) is 24.0 Å². The largest absolute Gasteiger partial charge is 0.507 e. The monoisotopic (exact) mass is 431 g/mol. The summed E-state index contributed by atoms with van der Waals surface area (Å²) in [5.74, 6) is -1.65. The van der Waals surface area contributed by atoms with Crippen molar-refractivity contribution in [3.05, 3.63) is 75.3 Å². The van der Waals surface area contributed by atoms with Crippen molar-refractivity contribution in [3.8, 4) is 0 Å². The summed E-state index contributed by atoms with van der Waals surface area (Å²) in [4.78, 5) is 27.3. The van der Waals surface area contributed by atoms with Crippen molar-refractivity contribution in [1.29, 1.82) is 0 Å². The fraction of sp³-hybridized carbons (Fsp3) is 0.273. The van der Waals surface area contributed by atoms with Gasteiger partial charge in [-0.1, -0.05) is 41.4 Å². The Kier molecular flexibility index (Phi) is 5.63. The van der Waals surface area contributed by atoms with E-state index in [1.807, 2.05) is 0 Å². The third kappa shape index (κ3) is 3.78. The zero-order chi connectivity index (χ0) is 20.5. The van der Waals surface area contributed by atoms with E-state index in [4.69, 9.17) is 27.9 Å². The molecule has 2 aromatic rings. The molecule has 1 N–H and O–H groups in total. The molecule has 7 heteroatoms. The number of carbonyl (C=O) groups is 2. The quantitative estimate of drug-likeness (QED) is 0.436. The SMILES string of the molecule is O=C1C(=O)N(C[C@H]2CCCO2)[C@H](c2ccccc2Cl)/C1=C(\O)c1ccc(Cl)cc1. The molecule has 2 aliphatic rings. The predicted octanol–water partition coefficient (Wildman–Crippen LogP) is 4.59. The van der Waals surface area contributed by atoms with Gasteiger partial charge in [0.25, 0.3) is 11.7 Å². The van der Waals surface area contributed by atoms with Crippen LogP contribution in [0.1, 0.15) is 30.0 Å². The number of likely N-dealkylation sites (tertiary alicyclic amines) is 1. The summed E-state index contributed by atoms with van der Waals surface area (Å²) in [5.41, 5.74) is 1.01. The van der Waals surface area contributed by atoms with E-state index in [0.29, 0.717) is 27.8 Å². The number of rotatable bonds is 4. The smallest absolute Gasteiger partial charge is 0.295 e. The standard InChI is InChI=1S/C22H19Cl2NO4/c23-14-9-7-13(8-10-14)20(26)18-19(16-5-1-2-6-17(16)24)25(22(28)21(18)27)12-15-4-3-11-29-15/h1-2,5-10,15,19,26H,3-4,11-12H2/b20-18+/t15-,19-/m1/s1. The number of Topliss-reactive ketones (excluding diaryl/α,β-unsaturated/α-hetero) is 1. The van der Waals surface area contributed by atoms with E-state index in [1.54, 1.807) is 48.5 Å². The van der Waals surface area contributed by atoms with Crippen LogP contribution >= 0.6 is 23.2 Å². The number of carbonyl (C=O) groups excluding carboxylic acids is 2. The molecule has 0 bridgehead atoms. The molecular weight excluding hydrogens is 413 g/mol. The van der Waals surface area contributed by atoms with E-state index < -0.39 is 17.7 Å². The third-order valence-corrected chi connectivity index (χ3v) is 5.88. The summed E-state index contributed by atoms with van der Waals surface area (Å²) in [7, 11) is 0. The average Bonchev–Trinajstić information content (AvgIpc) is 3.31. The molecule has 2 aromatic carbocycles. The van der Waals surface area contributed by atoms with E-state index in [1.165, 1.54) is 4.90 Å². The Hall–Kier alpha value is -2.34. The van der Waals surface area contributed by atoms with Crippen molar-refractivity contribution in [1.82, 2.24) is 4.90 Å². The van der Waals surface area contributed by atoms with Gasteiger partial charge in [0, 0.05) is 28.8 Å². The molecule has 0 saturated carbocycles. The number of ether oxygens (including phenoxy) is 1. The van der Waals surface area contributed by atoms with E-state index in [2.05, 4.69) is 0 Å². The zero-order valence-corrected chi connectivity index (χ0v) is 17.0. The van der Waals surface area contributed by atoms with Gasteiger partial charge in [0.1, 0.15) is 5.76 Å². The molecule has 2 saturated heterocycles. The molecule has 0 radical (unpaired) electrons. The number of hydrogen-bond acceptors (Lipinski definition) is 4. The predicted molar refractivity (Wildman–Crippen MR) is 111 cm³/mol. The Labute approximate surface area is 178 Å². The number of amides is 1. The van der Waals surface area contributed by atoms with Crippen molar-refractivity contribution in [3.63, 3.8) is 0 Å². The first-order chi connectivity index (χ1) is 14.0. The van der Waals surface area contributed by atoms with Crippen LogP contribution in [0.25, 0.3) is 5.76 Å². The van der Waals surface area contributed by atoms with Crippen LogP contribution in [0.3, 0.4) is 0 Å². The first-order valence-corrected chi connectivity index (χ1v) is 10.1. The van der Waals surface area contributed by atoms with Gasteiger partial charge in [-0.3, -0.25) is 9.59 Å². The zero-order valence-electron chi connectivity index (χ0n) is 15.5. The molecule has 2 fully saturated rings. The van der Waals surface area contributed by atoms with Crippen molar-refractivity contribution in [2.24, 2.45) is 0 Å². The van der Waals surface area contributed by atoms with E-state index >= 15 is 0 Å². The highest BCUT2D eigenvalue weighted by Gasteiger charge is 2.47. The summed E-state index contributed by atoms with van der Waals surface area (Å²) in [5, 5.41) is 11.9. The van der Waals surface area contributed by atoms with Crippen LogP contribution in [0.15, 0.2) is 54.1 Å². The lowest BCUT2D eigenvalue weighted by atomic mass is 9.95. The normalized spacial score (nSPS) is 23.7. The summed E-state index contributed by atoms with van der Waals surface area (Å²) in [6.45, 7) is 0.897. The molecule has 4 rings (SSSR count). The van der Waals surface area contributed by atoms with Crippen molar-refractivity contribution < 1.29 is 19.4 Å². The van der Waals surface area contributed by atoms with Gasteiger partial charge in [-0.25, -0.2) is 0 Å². The van der Waals surface area contributed by atoms with Crippen LogP contribution in [0.2, 0.25) is 10.0 Å². The minimum Gasteiger partial charge on any atom is -0.507 e. The molecule has 0 unspecified atom stereocenters. The maximum atomic E-state index is 12.9. The second-order valence-corrected chi connectivity index (χ2v) is 7.96. The molecule has 2 aliphatic heterocycles. The van der Waals surface area contributed by atoms with Crippen molar-refractivity contribution in [2.45, 2.75) is 25.0 Å². The fourth-order valence-electron chi connectivity index (χ4n) is 3.86. The van der Waals surface area contributed by atoms with Crippen molar-refractivity contribution >= 4 is 40.7 Å². The number of aliphatic hydroxyl groups excluding tert-OH is 1. The molecule has 0 spiro atoms. The molecule has 5 nitrogen and oxygen atoms in total. The minimum absolute atomic E-state index is 0.0171. The first kappa shape index (κ1) is 20.0. The van der Waals surface area contributed by atoms with Crippen LogP contribution in [-0.2, 0) is 14.3 Å². The van der Waals surface area contributed by atoms with E-state index in [0.717, 1.165) is 12.8 Å². The van der Waals surface area contributed by atoms with Gasteiger partial charge in [-0.2, -0.15) is 0 Å². The fourth-order valence-corrected chi connectivity index (χ4v) is 4.22. The molecule has 2 heterocycles. The Morgan fingerprint density at radius 3 is 2.48 bits per heavy atom. The summed E-state index contributed by atoms with van der Waals surface area (Å²) >= 11 is 12.3. The van der Waals surface area contributed by atoms with Gasteiger partial charge in [-0.15, -0.1) is 0 Å². The molecule has 1 amide bonds. The molecular formula is C22H19Cl2NO4. The van der Waals surface area contributed by atoms with Gasteiger partial charge in [0.2, 0.25) is 0 Å².